The fourth-order valence-corrected chi connectivity index (χ4v) is 2.76. The van der Waals surface area contributed by atoms with Crippen molar-refractivity contribution in [3.63, 3.8) is 0 Å². The lowest BCUT2D eigenvalue weighted by Gasteiger charge is -2.11. The molecule has 0 spiro atoms. The van der Waals surface area contributed by atoms with Crippen LogP contribution in [0.1, 0.15) is 21.5 Å². The molecule has 0 aromatic heterocycles. The summed E-state index contributed by atoms with van der Waals surface area (Å²) in [6, 6.07) is 20.2. The maximum absolute atomic E-state index is 12.4. The number of para-hydroxylation sites is 2. The third kappa shape index (κ3) is 4.60. The van der Waals surface area contributed by atoms with Crippen molar-refractivity contribution >= 4 is 23.2 Å². The second-order valence-corrected chi connectivity index (χ2v) is 6.41. The molecule has 0 saturated carbocycles. The van der Waals surface area contributed by atoms with Gasteiger partial charge in [-0.2, -0.15) is 0 Å². The number of hydrogen-bond acceptors (Lipinski definition) is 3. The van der Waals surface area contributed by atoms with E-state index in [-0.39, 0.29) is 5.91 Å². The largest absolute Gasteiger partial charge is 0.493 e. The highest BCUT2D eigenvalue weighted by molar-refractivity contribution is 6.31. The Morgan fingerprint density at radius 3 is 2.37 bits per heavy atom. The van der Waals surface area contributed by atoms with E-state index < -0.39 is 0 Å². The number of ether oxygens (including phenoxy) is 2. The van der Waals surface area contributed by atoms with Crippen molar-refractivity contribution in [1.29, 1.82) is 0 Å². The first kappa shape index (κ1) is 18.8. The summed E-state index contributed by atoms with van der Waals surface area (Å²) in [6.07, 6.45) is 0. The first-order chi connectivity index (χ1) is 13.1. The lowest BCUT2D eigenvalue weighted by Crippen LogP contribution is -2.13. The third-order valence-corrected chi connectivity index (χ3v) is 4.60. The first-order valence-corrected chi connectivity index (χ1v) is 8.87. The van der Waals surface area contributed by atoms with E-state index in [9.17, 15) is 4.79 Å². The first-order valence-electron chi connectivity index (χ1n) is 8.49. The van der Waals surface area contributed by atoms with Crippen LogP contribution in [0.2, 0.25) is 5.02 Å². The quantitative estimate of drug-likeness (QED) is 0.614. The summed E-state index contributed by atoms with van der Waals surface area (Å²) in [5.41, 5.74) is 3.07. The number of anilines is 1. The summed E-state index contributed by atoms with van der Waals surface area (Å²) in [7, 11) is 1.61. The summed E-state index contributed by atoms with van der Waals surface area (Å²) in [6.45, 7) is 2.26. The van der Waals surface area contributed by atoms with Crippen molar-refractivity contribution in [1.82, 2.24) is 0 Å². The van der Waals surface area contributed by atoms with E-state index in [0.29, 0.717) is 34.4 Å². The molecule has 1 amide bonds. The number of hydrogen-bond donors (Lipinski definition) is 1. The van der Waals surface area contributed by atoms with Crippen molar-refractivity contribution < 1.29 is 14.3 Å². The van der Waals surface area contributed by atoms with E-state index in [1.54, 1.807) is 25.3 Å². The van der Waals surface area contributed by atoms with Gasteiger partial charge in [-0.1, -0.05) is 41.9 Å². The van der Waals surface area contributed by atoms with Gasteiger partial charge >= 0.3 is 0 Å². The molecular formula is C22H20ClNO3. The Kier molecular flexibility index (Phi) is 5.99. The van der Waals surface area contributed by atoms with Gasteiger partial charge in [-0.25, -0.2) is 0 Å². The minimum absolute atomic E-state index is 0.183. The van der Waals surface area contributed by atoms with Crippen molar-refractivity contribution in [2.45, 2.75) is 13.5 Å². The molecular weight excluding hydrogens is 362 g/mol. The van der Waals surface area contributed by atoms with Gasteiger partial charge in [-0.15, -0.1) is 0 Å². The molecule has 0 heterocycles. The highest BCUT2D eigenvalue weighted by atomic mass is 35.5. The molecule has 0 aliphatic carbocycles. The molecule has 3 aromatic rings. The topological polar surface area (TPSA) is 47.6 Å². The Morgan fingerprint density at radius 2 is 1.67 bits per heavy atom. The molecule has 27 heavy (non-hydrogen) atoms. The predicted molar refractivity (Wildman–Crippen MR) is 108 cm³/mol. The number of carbonyl (C=O) groups is 1. The number of methoxy groups -OCH3 is 1. The second kappa shape index (κ2) is 8.60. The fraction of sp³-hybridized carbons (Fsp3) is 0.136. The summed E-state index contributed by atoms with van der Waals surface area (Å²) in [5, 5.41) is 3.51. The van der Waals surface area contributed by atoms with E-state index in [2.05, 4.69) is 5.32 Å². The lowest BCUT2D eigenvalue weighted by molar-refractivity contribution is 0.102. The fourth-order valence-electron chi connectivity index (χ4n) is 2.59. The van der Waals surface area contributed by atoms with Gasteiger partial charge in [-0.3, -0.25) is 4.79 Å². The zero-order chi connectivity index (χ0) is 19.2. The molecule has 3 rings (SSSR count). The minimum Gasteiger partial charge on any atom is -0.493 e. The van der Waals surface area contributed by atoms with Gasteiger partial charge in [0.15, 0.2) is 11.5 Å². The Balaban J connectivity index is 1.64. The van der Waals surface area contributed by atoms with Crippen LogP contribution in [0.3, 0.4) is 0 Å². The maximum Gasteiger partial charge on any atom is 0.255 e. The molecule has 0 radical (unpaired) electrons. The van der Waals surface area contributed by atoms with E-state index in [0.717, 1.165) is 11.1 Å². The third-order valence-electron chi connectivity index (χ3n) is 4.20. The van der Waals surface area contributed by atoms with Gasteiger partial charge in [0.1, 0.15) is 6.61 Å². The molecule has 3 aromatic carbocycles. The Morgan fingerprint density at radius 1 is 0.963 bits per heavy atom. The second-order valence-electron chi connectivity index (χ2n) is 6.00. The number of benzene rings is 3. The van der Waals surface area contributed by atoms with Crippen LogP contribution in [0.5, 0.6) is 11.5 Å². The molecule has 4 nitrogen and oxygen atoms in total. The van der Waals surface area contributed by atoms with Gasteiger partial charge in [0.25, 0.3) is 5.91 Å². The van der Waals surface area contributed by atoms with Crippen molar-refractivity contribution in [2.75, 3.05) is 12.4 Å². The van der Waals surface area contributed by atoms with E-state index in [4.69, 9.17) is 21.1 Å². The van der Waals surface area contributed by atoms with Crippen molar-refractivity contribution in [3.05, 3.63) is 88.4 Å². The van der Waals surface area contributed by atoms with Crippen molar-refractivity contribution in [2.24, 2.45) is 0 Å². The van der Waals surface area contributed by atoms with E-state index in [1.165, 1.54) is 0 Å². The highest BCUT2D eigenvalue weighted by Crippen LogP contribution is 2.27. The molecule has 0 atom stereocenters. The monoisotopic (exact) mass is 381 g/mol. The Hall–Kier alpha value is -2.98. The molecule has 1 N–H and O–H groups in total. The summed E-state index contributed by atoms with van der Waals surface area (Å²) < 4.78 is 11.1. The summed E-state index contributed by atoms with van der Waals surface area (Å²) in [4.78, 5) is 12.4. The van der Waals surface area contributed by atoms with Gasteiger partial charge in [0.05, 0.1) is 7.11 Å². The number of halogens is 1. The lowest BCUT2D eigenvalue weighted by atomic mass is 10.1. The summed E-state index contributed by atoms with van der Waals surface area (Å²) in [5.74, 6) is 1.18. The molecule has 0 unspecified atom stereocenters. The molecule has 0 aliphatic heterocycles. The molecule has 0 fully saturated rings. The van der Waals surface area contributed by atoms with Crippen molar-refractivity contribution in [3.8, 4) is 11.5 Å². The molecule has 138 valence electrons. The van der Waals surface area contributed by atoms with Crippen LogP contribution in [-0.2, 0) is 6.61 Å². The van der Waals surface area contributed by atoms with Crippen LogP contribution < -0.4 is 14.8 Å². The molecule has 0 bridgehead atoms. The summed E-state index contributed by atoms with van der Waals surface area (Å²) >= 11 is 6.10. The van der Waals surface area contributed by atoms with Crippen LogP contribution in [0.4, 0.5) is 5.69 Å². The zero-order valence-electron chi connectivity index (χ0n) is 15.2. The van der Waals surface area contributed by atoms with Gasteiger partial charge in [-0.05, 0) is 54.4 Å². The highest BCUT2D eigenvalue weighted by Gasteiger charge is 2.09. The predicted octanol–water partition coefficient (Wildman–Crippen LogP) is 5.49. The number of carbonyl (C=O) groups excluding carboxylic acids is 1. The van der Waals surface area contributed by atoms with E-state index >= 15 is 0 Å². The minimum atomic E-state index is -0.183. The van der Waals surface area contributed by atoms with Crippen LogP contribution in [0, 0.1) is 6.92 Å². The van der Waals surface area contributed by atoms with E-state index in [1.807, 2.05) is 55.5 Å². The number of nitrogens with one attached hydrogen (secondary N) is 1. The van der Waals surface area contributed by atoms with Crippen LogP contribution in [0.15, 0.2) is 66.7 Å². The average molecular weight is 382 g/mol. The van der Waals surface area contributed by atoms with Gasteiger partial charge in [0.2, 0.25) is 0 Å². The average Bonchev–Trinajstić information content (AvgIpc) is 2.70. The van der Waals surface area contributed by atoms with Crippen LogP contribution in [0.25, 0.3) is 0 Å². The van der Waals surface area contributed by atoms with Gasteiger partial charge in [0, 0.05) is 16.3 Å². The molecule has 0 aliphatic rings. The molecule has 5 heteroatoms. The molecule has 0 saturated heterocycles. The SMILES string of the molecule is COc1ccccc1OCc1ccc(C(=O)Nc2cccc(Cl)c2C)cc1. The number of rotatable bonds is 6. The van der Waals surface area contributed by atoms with Crippen LogP contribution >= 0.6 is 11.6 Å². The maximum atomic E-state index is 12.4. The zero-order valence-corrected chi connectivity index (χ0v) is 15.9. The standard InChI is InChI=1S/C22H20ClNO3/c1-15-18(23)6-5-7-19(15)24-22(25)17-12-10-16(11-13-17)14-27-21-9-4-3-8-20(21)26-2/h3-13H,14H2,1-2H3,(H,24,25). The smallest absolute Gasteiger partial charge is 0.255 e. The van der Waals surface area contributed by atoms with Crippen LogP contribution in [-0.4, -0.2) is 13.0 Å². The number of amides is 1. The normalized spacial score (nSPS) is 10.3. The Bertz CT molecular complexity index is 939. The Labute approximate surface area is 163 Å². The van der Waals surface area contributed by atoms with Gasteiger partial charge < -0.3 is 14.8 Å².